The first-order valence-corrected chi connectivity index (χ1v) is 9.46. The summed E-state index contributed by atoms with van der Waals surface area (Å²) in [7, 11) is 2.88. The number of methoxy groups -OCH3 is 2. The lowest BCUT2D eigenvalue weighted by molar-refractivity contribution is -0.238. The average molecular weight is 406 g/mol. The first-order chi connectivity index (χ1) is 13.9. The van der Waals surface area contributed by atoms with E-state index in [1.807, 2.05) is 19.1 Å². The molecule has 0 radical (unpaired) electrons. The van der Waals surface area contributed by atoms with E-state index in [2.05, 4.69) is 0 Å². The molecule has 0 amide bonds. The Hall–Kier alpha value is -2.03. The summed E-state index contributed by atoms with van der Waals surface area (Å²) >= 11 is 0. The summed E-state index contributed by atoms with van der Waals surface area (Å²) in [5.41, 5.74) is 2.98. The molecule has 29 heavy (non-hydrogen) atoms. The molecule has 2 aromatic rings. The highest BCUT2D eigenvalue weighted by Crippen LogP contribution is 2.34. The average Bonchev–Trinajstić information content (AvgIpc) is 2.72. The third kappa shape index (κ3) is 4.44. The van der Waals surface area contributed by atoms with Gasteiger partial charge < -0.3 is 29.5 Å². The molecule has 1 aliphatic rings. The maximum absolute atomic E-state index is 14.4. The standard InChI is InChI=1S/C22H27FO6/c1-12-4-5-14(21-19(25)20(26)22(28-3)18(11-24)29-21)9-15(12)8-13-6-7-16(27-2)10-17(13)23/h4-7,9-10,18-22,24-26H,8,11H2,1-3H3/t18-,19-,20-,21+,22-/m1/s1. The summed E-state index contributed by atoms with van der Waals surface area (Å²) < 4.78 is 30.4. The van der Waals surface area contributed by atoms with Gasteiger partial charge in [0.25, 0.3) is 0 Å². The summed E-state index contributed by atoms with van der Waals surface area (Å²) in [6.07, 6.45) is -4.52. The van der Waals surface area contributed by atoms with Gasteiger partial charge in [-0.1, -0.05) is 24.3 Å². The van der Waals surface area contributed by atoms with Crippen molar-refractivity contribution in [3.05, 3.63) is 64.5 Å². The van der Waals surface area contributed by atoms with Crippen LogP contribution in [0.25, 0.3) is 0 Å². The van der Waals surface area contributed by atoms with Crippen molar-refractivity contribution in [2.75, 3.05) is 20.8 Å². The van der Waals surface area contributed by atoms with Gasteiger partial charge in [0.15, 0.2) is 0 Å². The van der Waals surface area contributed by atoms with Crippen LogP contribution in [-0.2, 0) is 15.9 Å². The van der Waals surface area contributed by atoms with Crippen molar-refractivity contribution in [3.8, 4) is 5.75 Å². The van der Waals surface area contributed by atoms with Crippen molar-refractivity contribution < 1.29 is 33.9 Å². The van der Waals surface area contributed by atoms with E-state index >= 15 is 0 Å². The number of halogens is 1. The Kier molecular flexibility index (Phi) is 6.87. The van der Waals surface area contributed by atoms with Gasteiger partial charge in [0, 0.05) is 19.6 Å². The Bertz CT molecular complexity index is 840. The first kappa shape index (κ1) is 21.7. The monoisotopic (exact) mass is 406 g/mol. The van der Waals surface area contributed by atoms with E-state index in [9.17, 15) is 19.7 Å². The van der Waals surface area contributed by atoms with Crippen LogP contribution in [0.4, 0.5) is 4.39 Å². The topological polar surface area (TPSA) is 88.4 Å². The van der Waals surface area contributed by atoms with Crippen LogP contribution >= 0.6 is 0 Å². The molecule has 158 valence electrons. The molecule has 1 aliphatic heterocycles. The fourth-order valence-electron chi connectivity index (χ4n) is 3.72. The number of ether oxygens (including phenoxy) is 3. The van der Waals surface area contributed by atoms with Crippen molar-refractivity contribution in [1.82, 2.24) is 0 Å². The SMILES string of the molecule is COc1ccc(Cc2cc([C@@H]3O[C@H](CO)[C@@H](OC)[C@H](O)[C@H]3O)ccc2C)c(F)c1. The Labute approximate surface area is 169 Å². The number of rotatable bonds is 6. The lowest BCUT2D eigenvalue weighted by Gasteiger charge is -2.42. The quantitative estimate of drug-likeness (QED) is 0.679. The Balaban J connectivity index is 1.88. The molecular weight excluding hydrogens is 379 g/mol. The summed E-state index contributed by atoms with van der Waals surface area (Å²) in [6.45, 7) is 1.57. The largest absolute Gasteiger partial charge is 0.497 e. The van der Waals surface area contributed by atoms with Crippen LogP contribution in [0.3, 0.4) is 0 Å². The fourth-order valence-corrected chi connectivity index (χ4v) is 3.72. The molecule has 1 saturated heterocycles. The van der Waals surface area contributed by atoms with Gasteiger partial charge in [-0.25, -0.2) is 4.39 Å². The first-order valence-electron chi connectivity index (χ1n) is 9.46. The second-order valence-corrected chi connectivity index (χ2v) is 7.28. The molecule has 6 nitrogen and oxygen atoms in total. The maximum Gasteiger partial charge on any atom is 0.130 e. The summed E-state index contributed by atoms with van der Waals surface area (Å²) in [4.78, 5) is 0. The zero-order valence-corrected chi connectivity index (χ0v) is 16.7. The van der Waals surface area contributed by atoms with Gasteiger partial charge in [-0.3, -0.25) is 0 Å². The van der Waals surface area contributed by atoms with Crippen molar-refractivity contribution >= 4 is 0 Å². The molecule has 0 saturated carbocycles. The van der Waals surface area contributed by atoms with Gasteiger partial charge in [0.2, 0.25) is 0 Å². The second-order valence-electron chi connectivity index (χ2n) is 7.28. The summed E-state index contributed by atoms with van der Waals surface area (Å²) in [6, 6.07) is 10.2. The molecule has 0 spiro atoms. The van der Waals surface area contributed by atoms with E-state index in [-0.39, 0.29) is 12.4 Å². The maximum atomic E-state index is 14.4. The zero-order valence-electron chi connectivity index (χ0n) is 16.7. The second kappa shape index (κ2) is 9.19. The van der Waals surface area contributed by atoms with E-state index in [0.717, 1.165) is 11.1 Å². The molecule has 2 aromatic carbocycles. The number of aliphatic hydroxyl groups excluding tert-OH is 3. The minimum absolute atomic E-state index is 0.352. The number of hydrogen-bond donors (Lipinski definition) is 3. The molecule has 0 bridgehead atoms. The predicted octanol–water partition coefficient (Wildman–Crippen LogP) is 1.90. The van der Waals surface area contributed by atoms with Gasteiger partial charge in [0.1, 0.15) is 42.1 Å². The number of benzene rings is 2. The Morgan fingerprint density at radius 2 is 1.79 bits per heavy atom. The number of aliphatic hydroxyl groups is 3. The van der Waals surface area contributed by atoms with Crippen LogP contribution < -0.4 is 4.74 Å². The lowest BCUT2D eigenvalue weighted by Crippen LogP contribution is -2.56. The van der Waals surface area contributed by atoms with Gasteiger partial charge >= 0.3 is 0 Å². The molecular formula is C22H27FO6. The van der Waals surface area contributed by atoms with Crippen molar-refractivity contribution in [2.45, 2.75) is 43.9 Å². The van der Waals surface area contributed by atoms with Crippen LogP contribution in [0.5, 0.6) is 5.75 Å². The smallest absolute Gasteiger partial charge is 0.130 e. The van der Waals surface area contributed by atoms with Crippen molar-refractivity contribution in [2.24, 2.45) is 0 Å². The summed E-state index contributed by atoms with van der Waals surface area (Å²) in [5, 5.41) is 30.5. The Morgan fingerprint density at radius 3 is 2.41 bits per heavy atom. The highest BCUT2D eigenvalue weighted by atomic mass is 19.1. The lowest BCUT2D eigenvalue weighted by atomic mass is 9.89. The minimum Gasteiger partial charge on any atom is -0.497 e. The van der Waals surface area contributed by atoms with E-state index in [4.69, 9.17) is 14.2 Å². The molecule has 0 aliphatic carbocycles. The third-order valence-electron chi connectivity index (χ3n) is 5.48. The molecule has 3 rings (SSSR count). The van der Waals surface area contributed by atoms with E-state index in [1.165, 1.54) is 20.3 Å². The number of aryl methyl sites for hydroxylation is 1. The van der Waals surface area contributed by atoms with E-state index in [0.29, 0.717) is 23.3 Å². The van der Waals surface area contributed by atoms with E-state index < -0.39 is 30.5 Å². The van der Waals surface area contributed by atoms with Crippen LogP contribution in [0.2, 0.25) is 0 Å². The van der Waals surface area contributed by atoms with Gasteiger partial charge in [-0.15, -0.1) is 0 Å². The number of hydrogen-bond acceptors (Lipinski definition) is 6. The zero-order chi connectivity index (χ0) is 21.1. The van der Waals surface area contributed by atoms with Crippen LogP contribution in [0.15, 0.2) is 36.4 Å². The third-order valence-corrected chi connectivity index (χ3v) is 5.48. The predicted molar refractivity (Wildman–Crippen MR) is 104 cm³/mol. The molecule has 1 heterocycles. The van der Waals surface area contributed by atoms with Crippen LogP contribution in [-0.4, -0.2) is 60.6 Å². The van der Waals surface area contributed by atoms with Crippen molar-refractivity contribution in [3.63, 3.8) is 0 Å². The molecule has 7 heteroatoms. The van der Waals surface area contributed by atoms with Crippen LogP contribution in [0, 0.1) is 12.7 Å². The highest BCUT2D eigenvalue weighted by molar-refractivity contribution is 5.39. The van der Waals surface area contributed by atoms with E-state index in [1.54, 1.807) is 18.2 Å². The Morgan fingerprint density at radius 1 is 1.03 bits per heavy atom. The minimum atomic E-state index is -1.23. The normalized spacial score (nSPS) is 27.1. The van der Waals surface area contributed by atoms with Gasteiger partial charge in [-0.05, 0) is 35.2 Å². The molecule has 1 fully saturated rings. The fraction of sp³-hybridized carbons (Fsp3) is 0.455. The summed E-state index contributed by atoms with van der Waals surface area (Å²) in [5.74, 6) is 0.0917. The van der Waals surface area contributed by atoms with Crippen molar-refractivity contribution in [1.29, 1.82) is 0 Å². The molecule has 5 atom stereocenters. The molecule has 0 unspecified atom stereocenters. The van der Waals surface area contributed by atoms with Crippen LogP contribution in [0.1, 0.15) is 28.4 Å². The molecule has 0 aromatic heterocycles. The highest BCUT2D eigenvalue weighted by Gasteiger charge is 2.45. The molecule has 3 N–H and O–H groups in total. The van der Waals surface area contributed by atoms with Gasteiger partial charge in [-0.2, -0.15) is 0 Å². The van der Waals surface area contributed by atoms with Gasteiger partial charge in [0.05, 0.1) is 13.7 Å².